The van der Waals surface area contributed by atoms with Crippen LogP contribution in [0.2, 0.25) is 0 Å². The molecule has 0 fully saturated rings. The molecule has 0 aliphatic carbocycles. The van der Waals surface area contributed by atoms with Gasteiger partial charge >= 0.3 is 0 Å². The third kappa shape index (κ3) is 4.19. The van der Waals surface area contributed by atoms with E-state index in [9.17, 15) is 9.59 Å². The van der Waals surface area contributed by atoms with Gasteiger partial charge in [0.05, 0.1) is 0 Å². The van der Waals surface area contributed by atoms with Crippen molar-refractivity contribution in [2.24, 2.45) is 0 Å². The summed E-state index contributed by atoms with van der Waals surface area (Å²) in [5.41, 5.74) is 4.65. The Morgan fingerprint density at radius 3 is 2.45 bits per heavy atom. The van der Waals surface area contributed by atoms with Gasteiger partial charge in [-0.1, -0.05) is 24.3 Å². The van der Waals surface area contributed by atoms with Crippen LogP contribution in [0.4, 0.5) is 5.69 Å². The summed E-state index contributed by atoms with van der Waals surface area (Å²) in [4.78, 5) is 23.2. The minimum atomic E-state index is -0.162. The lowest BCUT2D eigenvalue weighted by Crippen LogP contribution is -2.23. The number of carbonyl (C=O) groups excluding carboxylic acids is 2. The Hall–Kier alpha value is -2.62. The highest BCUT2D eigenvalue weighted by molar-refractivity contribution is 5.96. The molecule has 4 heteroatoms. The van der Waals surface area contributed by atoms with Gasteiger partial charge in [-0.2, -0.15) is 0 Å². The standard InChI is InChI=1S/C18H20N2O2/c1-12-7-8-15(9-13(12)2)11-19-18(22)16-5-4-6-17(10-16)20-14(3)21/h4-10H,11H2,1-3H3,(H,19,22)(H,20,21). The number of hydrogen-bond acceptors (Lipinski definition) is 2. The molecule has 0 unspecified atom stereocenters. The molecular weight excluding hydrogens is 276 g/mol. The fourth-order valence-electron chi connectivity index (χ4n) is 2.14. The highest BCUT2D eigenvalue weighted by Gasteiger charge is 2.07. The summed E-state index contributed by atoms with van der Waals surface area (Å²) in [6, 6.07) is 13.0. The fourth-order valence-corrected chi connectivity index (χ4v) is 2.14. The highest BCUT2D eigenvalue weighted by Crippen LogP contribution is 2.12. The largest absolute Gasteiger partial charge is 0.348 e. The van der Waals surface area contributed by atoms with Gasteiger partial charge in [0.25, 0.3) is 5.91 Å². The van der Waals surface area contributed by atoms with Gasteiger partial charge < -0.3 is 10.6 Å². The van der Waals surface area contributed by atoms with Gasteiger partial charge in [-0.05, 0) is 48.7 Å². The number of benzene rings is 2. The first-order chi connectivity index (χ1) is 10.5. The van der Waals surface area contributed by atoms with Crippen molar-refractivity contribution in [1.82, 2.24) is 5.32 Å². The Kier molecular flexibility index (Phi) is 4.94. The van der Waals surface area contributed by atoms with E-state index in [4.69, 9.17) is 0 Å². The lowest BCUT2D eigenvalue weighted by atomic mass is 10.1. The van der Waals surface area contributed by atoms with Crippen LogP contribution in [0, 0.1) is 13.8 Å². The molecule has 0 bridgehead atoms. The molecule has 0 heterocycles. The van der Waals surface area contributed by atoms with Crippen molar-refractivity contribution < 1.29 is 9.59 Å². The highest BCUT2D eigenvalue weighted by atomic mass is 16.2. The quantitative estimate of drug-likeness (QED) is 0.910. The summed E-state index contributed by atoms with van der Waals surface area (Å²) in [7, 11) is 0. The maximum atomic E-state index is 12.2. The topological polar surface area (TPSA) is 58.2 Å². The molecule has 4 nitrogen and oxygen atoms in total. The average Bonchev–Trinajstić information content (AvgIpc) is 2.48. The van der Waals surface area contributed by atoms with E-state index in [-0.39, 0.29) is 11.8 Å². The number of amides is 2. The normalized spacial score (nSPS) is 10.1. The first kappa shape index (κ1) is 15.8. The zero-order valence-electron chi connectivity index (χ0n) is 13.1. The van der Waals surface area contributed by atoms with E-state index >= 15 is 0 Å². The van der Waals surface area contributed by atoms with Crippen LogP contribution in [0.3, 0.4) is 0 Å². The third-order valence-electron chi connectivity index (χ3n) is 3.47. The Labute approximate surface area is 130 Å². The predicted molar refractivity (Wildman–Crippen MR) is 87.8 cm³/mol. The van der Waals surface area contributed by atoms with E-state index in [1.165, 1.54) is 18.1 Å². The molecule has 2 aromatic rings. The summed E-state index contributed by atoms with van der Waals surface area (Å²) in [5, 5.41) is 5.56. The van der Waals surface area contributed by atoms with Crippen LogP contribution in [0.15, 0.2) is 42.5 Å². The summed E-state index contributed by atoms with van der Waals surface area (Å²) in [6.07, 6.45) is 0. The first-order valence-electron chi connectivity index (χ1n) is 7.17. The van der Waals surface area contributed by atoms with Crippen molar-refractivity contribution in [2.45, 2.75) is 27.3 Å². The van der Waals surface area contributed by atoms with Gasteiger partial charge in [0.2, 0.25) is 5.91 Å². The fraction of sp³-hybridized carbons (Fsp3) is 0.222. The van der Waals surface area contributed by atoms with Crippen LogP contribution in [0.1, 0.15) is 34.0 Å². The molecule has 22 heavy (non-hydrogen) atoms. The number of carbonyl (C=O) groups is 2. The molecule has 2 aromatic carbocycles. The molecular formula is C18H20N2O2. The molecule has 0 saturated carbocycles. The van der Waals surface area contributed by atoms with Crippen molar-refractivity contribution in [3.8, 4) is 0 Å². The Morgan fingerprint density at radius 1 is 1.00 bits per heavy atom. The van der Waals surface area contributed by atoms with Crippen molar-refractivity contribution in [2.75, 3.05) is 5.32 Å². The molecule has 0 atom stereocenters. The van der Waals surface area contributed by atoms with Gasteiger partial charge in [-0.25, -0.2) is 0 Å². The SMILES string of the molecule is CC(=O)Nc1cccc(C(=O)NCc2ccc(C)c(C)c2)c1. The number of hydrogen-bond donors (Lipinski definition) is 2. The molecule has 0 saturated heterocycles. The van der Waals surface area contributed by atoms with Crippen molar-refractivity contribution >= 4 is 17.5 Å². The maximum absolute atomic E-state index is 12.2. The van der Waals surface area contributed by atoms with E-state index in [0.29, 0.717) is 17.8 Å². The second kappa shape index (κ2) is 6.89. The van der Waals surface area contributed by atoms with Crippen LogP contribution in [-0.2, 0) is 11.3 Å². The molecule has 2 rings (SSSR count). The molecule has 114 valence electrons. The summed E-state index contributed by atoms with van der Waals surface area (Å²) >= 11 is 0. The lowest BCUT2D eigenvalue weighted by molar-refractivity contribution is -0.114. The molecule has 0 radical (unpaired) electrons. The van der Waals surface area contributed by atoms with E-state index in [1.54, 1.807) is 24.3 Å². The Balaban J connectivity index is 2.02. The number of anilines is 1. The minimum Gasteiger partial charge on any atom is -0.348 e. The van der Waals surface area contributed by atoms with Crippen LogP contribution >= 0.6 is 0 Å². The van der Waals surface area contributed by atoms with Crippen LogP contribution < -0.4 is 10.6 Å². The van der Waals surface area contributed by atoms with Gasteiger partial charge in [0.15, 0.2) is 0 Å². The van der Waals surface area contributed by atoms with Gasteiger partial charge in [-0.3, -0.25) is 9.59 Å². The summed E-state index contributed by atoms with van der Waals surface area (Å²) in [6.45, 7) is 6.03. The predicted octanol–water partition coefficient (Wildman–Crippen LogP) is 3.19. The minimum absolute atomic E-state index is 0.160. The smallest absolute Gasteiger partial charge is 0.251 e. The number of aryl methyl sites for hydroxylation is 2. The van der Waals surface area contributed by atoms with Crippen LogP contribution in [-0.4, -0.2) is 11.8 Å². The van der Waals surface area contributed by atoms with E-state index in [0.717, 1.165) is 5.56 Å². The van der Waals surface area contributed by atoms with Crippen molar-refractivity contribution in [3.63, 3.8) is 0 Å². The van der Waals surface area contributed by atoms with Gasteiger partial charge in [-0.15, -0.1) is 0 Å². The summed E-state index contributed by atoms with van der Waals surface area (Å²) < 4.78 is 0. The van der Waals surface area contributed by atoms with E-state index < -0.39 is 0 Å². The van der Waals surface area contributed by atoms with Crippen molar-refractivity contribution in [1.29, 1.82) is 0 Å². The third-order valence-corrected chi connectivity index (χ3v) is 3.47. The van der Waals surface area contributed by atoms with Crippen LogP contribution in [0.5, 0.6) is 0 Å². The maximum Gasteiger partial charge on any atom is 0.251 e. The van der Waals surface area contributed by atoms with E-state index in [1.807, 2.05) is 12.1 Å². The monoisotopic (exact) mass is 296 g/mol. The molecule has 0 aliphatic rings. The zero-order valence-corrected chi connectivity index (χ0v) is 13.1. The van der Waals surface area contributed by atoms with Crippen LogP contribution in [0.25, 0.3) is 0 Å². The Bertz CT molecular complexity index is 708. The summed E-state index contributed by atoms with van der Waals surface area (Å²) in [5.74, 6) is -0.321. The number of nitrogens with one attached hydrogen (secondary N) is 2. The molecule has 2 amide bonds. The van der Waals surface area contributed by atoms with Gasteiger partial charge in [0, 0.05) is 24.7 Å². The molecule has 0 aromatic heterocycles. The molecule has 2 N–H and O–H groups in total. The second-order valence-corrected chi connectivity index (χ2v) is 5.36. The second-order valence-electron chi connectivity index (χ2n) is 5.36. The average molecular weight is 296 g/mol. The van der Waals surface area contributed by atoms with Crippen molar-refractivity contribution in [3.05, 3.63) is 64.7 Å². The molecule has 0 aliphatic heterocycles. The van der Waals surface area contributed by atoms with E-state index in [2.05, 4.69) is 30.5 Å². The lowest BCUT2D eigenvalue weighted by Gasteiger charge is -2.09. The molecule has 0 spiro atoms. The van der Waals surface area contributed by atoms with Gasteiger partial charge in [0.1, 0.15) is 0 Å². The number of rotatable bonds is 4. The zero-order chi connectivity index (χ0) is 16.1. The first-order valence-corrected chi connectivity index (χ1v) is 7.17. The Morgan fingerprint density at radius 2 is 1.77 bits per heavy atom.